The molecule has 2 heterocycles. The van der Waals surface area contributed by atoms with Crippen LogP contribution in [0.2, 0.25) is 0 Å². The molecule has 1 aromatic rings. The molecule has 20 heavy (non-hydrogen) atoms. The number of hydrogen-bond donors (Lipinski definition) is 1. The maximum atomic E-state index is 11.1. The van der Waals surface area contributed by atoms with Crippen LogP contribution in [0.15, 0.2) is 16.7 Å². The molecule has 1 aliphatic heterocycles. The molecule has 0 amide bonds. The Morgan fingerprint density at radius 1 is 1.45 bits per heavy atom. The molecule has 0 saturated carbocycles. The number of carboxylic acids is 1. The topological polar surface area (TPSA) is 99.8 Å². The summed E-state index contributed by atoms with van der Waals surface area (Å²) >= 11 is 3.17. The molecular weight excluding hydrogens is 332 g/mol. The van der Waals surface area contributed by atoms with Crippen LogP contribution >= 0.6 is 15.9 Å². The zero-order valence-electron chi connectivity index (χ0n) is 10.5. The van der Waals surface area contributed by atoms with Crippen LogP contribution in [0.1, 0.15) is 0 Å². The summed E-state index contributed by atoms with van der Waals surface area (Å²) in [5.74, 6) is -0.542. The number of piperazine rings is 1. The minimum absolute atomic E-state index is 0.0102. The van der Waals surface area contributed by atoms with Gasteiger partial charge in [0.15, 0.2) is 0 Å². The third-order valence-electron chi connectivity index (χ3n) is 3.04. The van der Waals surface area contributed by atoms with E-state index in [9.17, 15) is 14.9 Å². The molecular formula is C11H13BrN4O4. The smallest absolute Gasteiger partial charge is 0.317 e. The molecule has 0 aromatic carbocycles. The van der Waals surface area contributed by atoms with Gasteiger partial charge in [-0.3, -0.25) is 19.8 Å². The van der Waals surface area contributed by atoms with Gasteiger partial charge in [-0.2, -0.15) is 0 Å². The van der Waals surface area contributed by atoms with Gasteiger partial charge in [0, 0.05) is 42.9 Å². The van der Waals surface area contributed by atoms with Crippen LogP contribution in [0, 0.1) is 10.1 Å². The maximum absolute atomic E-state index is 11.1. The predicted octanol–water partition coefficient (Wildman–Crippen LogP) is 0.959. The van der Waals surface area contributed by atoms with Gasteiger partial charge in [0.25, 0.3) is 0 Å². The van der Waals surface area contributed by atoms with Crippen LogP contribution in [-0.2, 0) is 4.79 Å². The first-order valence-corrected chi connectivity index (χ1v) is 6.75. The maximum Gasteiger partial charge on any atom is 0.317 e. The highest BCUT2D eigenvalue weighted by atomic mass is 79.9. The second-order valence-corrected chi connectivity index (χ2v) is 5.33. The van der Waals surface area contributed by atoms with Crippen molar-refractivity contribution in [2.75, 3.05) is 37.6 Å². The van der Waals surface area contributed by atoms with E-state index in [1.54, 1.807) is 4.90 Å². The molecule has 1 aliphatic rings. The molecule has 0 aliphatic carbocycles. The van der Waals surface area contributed by atoms with E-state index in [0.717, 1.165) is 0 Å². The van der Waals surface area contributed by atoms with Crippen molar-refractivity contribution in [1.82, 2.24) is 9.88 Å². The number of aromatic nitrogens is 1. The zero-order valence-corrected chi connectivity index (χ0v) is 12.1. The van der Waals surface area contributed by atoms with Gasteiger partial charge >= 0.3 is 11.7 Å². The Bertz CT molecular complexity index is 531. The Morgan fingerprint density at radius 2 is 2.10 bits per heavy atom. The van der Waals surface area contributed by atoms with Crippen LogP contribution in [0.3, 0.4) is 0 Å². The van der Waals surface area contributed by atoms with Crippen molar-refractivity contribution in [3.8, 4) is 0 Å². The molecule has 1 N–H and O–H groups in total. The fourth-order valence-electron chi connectivity index (χ4n) is 2.11. The normalized spacial score (nSPS) is 16.1. The number of anilines is 1. The van der Waals surface area contributed by atoms with Crippen LogP contribution in [0.5, 0.6) is 0 Å². The summed E-state index contributed by atoms with van der Waals surface area (Å²) in [7, 11) is 0. The van der Waals surface area contributed by atoms with Crippen LogP contribution in [0.4, 0.5) is 11.5 Å². The number of pyridine rings is 1. The first-order chi connectivity index (χ1) is 9.47. The molecule has 0 atom stereocenters. The number of carboxylic acid groups (broad SMARTS) is 1. The average molecular weight is 345 g/mol. The summed E-state index contributed by atoms with van der Waals surface area (Å²) in [4.78, 5) is 28.9. The van der Waals surface area contributed by atoms with E-state index in [2.05, 4.69) is 20.9 Å². The average Bonchev–Trinajstić information content (AvgIpc) is 2.39. The lowest BCUT2D eigenvalue weighted by Gasteiger charge is -2.34. The van der Waals surface area contributed by atoms with Crippen molar-refractivity contribution in [2.24, 2.45) is 0 Å². The van der Waals surface area contributed by atoms with Gasteiger partial charge < -0.3 is 10.0 Å². The summed E-state index contributed by atoms with van der Waals surface area (Å²) in [6, 6.07) is 1.42. The highest BCUT2D eigenvalue weighted by molar-refractivity contribution is 9.10. The summed E-state index contributed by atoms with van der Waals surface area (Å²) in [5.41, 5.74) is -0.0499. The molecule has 108 valence electrons. The summed E-state index contributed by atoms with van der Waals surface area (Å²) in [6.07, 6.45) is 1.52. The Balaban J connectivity index is 2.11. The number of nitro groups is 1. The van der Waals surface area contributed by atoms with Crippen LogP contribution < -0.4 is 4.90 Å². The van der Waals surface area contributed by atoms with Gasteiger partial charge in [0.1, 0.15) is 0 Å². The molecule has 0 bridgehead atoms. The standard InChI is InChI=1S/C11H13BrN4O4/c12-8-5-9(16(19)20)11(13-6-8)15-3-1-14(2-4-15)7-10(17)18/h5-6H,1-4,7H2,(H,17,18). The van der Waals surface area contributed by atoms with E-state index in [0.29, 0.717) is 36.5 Å². The molecule has 2 rings (SSSR count). The molecule has 1 aromatic heterocycles. The number of aliphatic carboxylic acids is 1. The molecule has 0 spiro atoms. The Kier molecular flexibility index (Phi) is 4.50. The van der Waals surface area contributed by atoms with Crippen molar-refractivity contribution < 1.29 is 14.8 Å². The minimum atomic E-state index is -0.869. The van der Waals surface area contributed by atoms with E-state index in [-0.39, 0.29) is 12.2 Å². The van der Waals surface area contributed by atoms with Gasteiger partial charge in [-0.15, -0.1) is 0 Å². The van der Waals surface area contributed by atoms with E-state index in [1.165, 1.54) is 12.3 Å². The molecule has 1 saturated heterocycles. The molecule has 0 radical (unpaired) electrons. The van der Waals surface area contributed by atoms with Gasteiger partial charge in [-0.25, -0.2) is 4.98 Å². The number of halogens is 1. The number of hydrogen-bond acceptors (Lipinski definition) is 6. The second-order valence-electron chi connectivity index (χ2n) is 4.41. The van der Waals surface area contributed by atoms with Crippen LogP contribution in [0.25, 0.3) is 0 Å². The molecule has 0 unspecified atom stereocenters. The minimum Gasteiger partial charge on any atom is -0.480 e. The largest absolute Gasteiger partial charge is 0.480 e. The fourth-order valence-corrected chi connectivity index (χ4v) is 2.43. The SMILES string of the molecule is O=C(O)CN1CCN(c2ncc(Br)cc2[N+](=O)[O-])CC1. The molecule has 9 heteroatoms. The van der Waals surface area contributed by atoms with Gasteiger partial charge in [0.05, 0.1) is 11.5 Å². The summed E-state index contributed by atoms with van der Waals surface area (Å²) in [5, 5.41) is 19.8. The van der Waals surface area contributed by atoms with Crippen molar-refractivity contribution in [3.63, 3.8) is 0 Å². The van der Waals surface area contributed by atoms with E-state index >= 15 is 0 Å². The fraction of sp³-hybridized carbons (Fsp3) is 0.455. The monoisotopic (exact) mass is 344 g/mol. The van der Waals surface area contributed by atoms with Crippen molar-refractivity contribution in [1.29, 1.82) is 0 Å². The third kappa shape index (κ3) is 3.42. The Labute approximate surface area is 123 Å². The highest BCUT2D eigenvalue weighted by Gasteiger charge is 2.25. The summed E-state index contributed by atoms with van der Waals surface area (Å²) < 4.78 is 0.553. The number of rotatable bonds is 4. The lowest BCUT2D eigenvalue weighted by molar-refractivity contribution is -0.384. The second kappa shape index (κ2) is 6.14. The zero-order chi connectivity index (χ0) is 14.7. The van der Waals surface area contributed by atoms with Crippen molar-refractivity contribution >= 4 is 33.4 Å². The predicted molar refractivity (Wildman–Crippen MR) is 74.9 cm³/mol. The first kappa shape index (κ1) is 14.7. The van der Waals surface area contributed by atoms with E-state index in [4.69, 9.17) is 5.11 Å². The summed E-state index contributed by atoms with van der Waals surface area (Å²) in [6.45, 7) is 2.11. The van der Waals surface area contributed by atoms with Gasteiger partial charge in [-0.05, 0) is 15.9 Å². The number of carbonyl (C=O) groups is 1. The van der Waals surface area contributed by atoms with Crippen molar-refractivity contribution in [2.45, 2.75) is 0 Å². The molecule has 1 fully saturated rings. The van der Waals surface area contributed by atoms with Gasteiger partial charge in [-0.1, -0.05) is 0 Å². The first-order valence-electron chi connectivity index (χ1n) is 5.96. The third-order valence-corrected chi connectivity index (χ3v) is 3.47. The highest BCUT2D eigenvalue weighted by Crippen LogP contribution is 2.29. The lowest BCUT2D eigenvalue weighted by atomic mass is 10.3. The van der Waals surface area contributed by atoms with Crippen LogP contribution in [-0.4, -0.2) is 58.6 Å². The Morgan fingerprint density at radius 3 is 2.65 bits per heavy atom. The van der Waals surface area contributed by atoms with Crippen molar-refractivity contribution in [3.05, 3.63) is 26.9 Å². The lowest BCUT2D eigenvalue weighted by Crippen LogP contribution is -2.48. The van der Waals surface area contributed by atoms with E-state index < -0.39 is 10.9 Å². The molecule has 8 nitrogen and oxygen atoms in total. The van der Waals surface area contributed by atoms with Gasteiger partial charge in [0.2, 0.25) is 5.82 Å². The number of nitrogens with zero attached hydrogens (tertiary/aromatic N) is 4. The Hall–Kier alpha value is -1.74. The van der Waals surface area contributed by atoms with E-state index in [1.807, 2.05) is 4.90 Å². The quantitative estimate of drug-likeness (QED) is 0.641.